The third kappa shape index (κ3) is 6.67. The molecule has 0 unspecified atom stereocenters. The highest BCUT2D eigenvalue weighted by Gasteiger charge is 2.15. The standard InChI is InChI=1S/C25H25N5O4/c26-25(27)29-19-10-4-9-18(14-19)24(34)28-15-21(31)30-23-17(12-13-22(32)33)8-5-11-20(23)16-6-2-1-3-7-16/h1-11,14H,12-13,15H2,(H,28,34)(H,30,31)(H,32,33)(H4,26,27,29). The first-order valence-corrected chi connectivity index (χ1v) is 10.5. The van der Waals surface area contributed by atoms with E-state index in [4.69, 9.17) is 16.6 Å². The van der Waals surface area contributed by atoms with Gasteiger partial charge in [-0.1, -0.05) is 54.6 Å². The number of nitrogens with zero attached hydrogens (tertiary/aromatic N) is 1. The molecule has 3 aromatic carbocycles. The van der Waals surface area contributed by atoms with Gasteiger partial charge in [0.15, 0.2) is 5.96 Å². The van der Waals surface area contributed by atoms with Crippen LogP contribution in [-0.4, -0.2) is 35.4 Å². The van der Waals surface area contributed by atoms with Crippen LogP contribution in [0, 0.1) is 0 Å². The van der Waals surface area contributed by atoms with Crippen molar-refractivity contribution in [2.75, 3.05) is 11.9 Å². The molecule has 0 spiro atoms. The summed E-state index contributed by atoms with van der Waals surface area (Å²) in [4.78, 5) is 40.2. The van der Waals surface area contributed by atoms with Gasteiger partial charge < -0.3 is 27.2 Å². The van der Waals surface area contributed by atoms with E-state index in [2.05, 4.69) is 15.6 Å². The van der Waals surface area contributed by atoms with Gasteiger partial charge in [0.25, 0.3) is 5.91 Å². The monoisotopic (exact) mass is 459 g/mol. The number of carboxylic acids is 1. The number of aliphatic carboxylic acids is 1. The fourth-order valence-corrected chi connectivity index (χ4v) is 3.37. The van der Waals surface area contributed by atoms with Crippen LogP contribution in [0.1, 0.15) is 22.3 Å². The van der Waals surface area contributed by atoms with Crippen molar-refractivity contribution in [3.8, 4) is 11.1 Å². The first-order chi connectivity index (χ1) is 16.3. The highest BCUT2D eigenvalue weighted by atomic mass is 16.4. The summed E-state index contributed by atoms with van der Waals surface area (Å²) >= 11 is 0. The summed E-state index contributed by atoms with van der Waals surface area (Å²) in [6.45, 7) is -0.285. The molecule has 0 aromatic heterocycles. The van der Waals surface area contributed by atoms with Gasteiger partial charge >= 0.3 is 5.97 Å². The van der Waals surface area contributed by atoms with Crippen LogP contribution in [0.25, 0.3) is 11.1 Å². The summed E-state index contributed by atoms with van der Waals surface area (Å²) in [5.41, 5.74) is 14.3. The van der Waals surface area contributed by atoms with Gasteiger partial charge in [0, 0.05) is 17.5 Å². The minimum absolute atomic E-state index is 0.0794. The maximum absolute atomic E-state index is 12.7. The molecule has 9 nitrogen and oxygen atoms in total. The molecule has 3 rings (SSSR count). The number of anilines is 1. The minimum atomic E-state index is -0.933. The summed E-state index contributed by atoms with van der Waals surface area (Å²) in [5, 5.41) is 14.5. The lowest BCUT2D eigenvalue weighted by atomic mass is 9.97. The van der Waals surface area contributed by atoms with Crippen molar-refractivity contribution in [3.05, 3.63) is 83.9 Å². The third-order valence-electron chi connectivity index (χ3n) is 4.88. The topological polar surface area (TPSA) is 160 Å². The maximum atomic E-state index is 12.7. The average molecular weight is 460 g/mol. The quantitative estimate of drug-likeness (QED) is 0.244. The number of amides is 2. The van der Waals surface area contributed by atoms with E-state index < -0.39 is 17.8 Å². The Labute approximate surface area is 196 Å². The second kappa shape index (κ2) is 11.3. The van der Waals surface area contributed by atoms with Gasteiger partial charge in [-0.3, -0.25) is 14.4 Å². The summed E-state index contributed by atoms with van der Waals surface area (Å²) in [6, 6.07) is 21.2. The number of aliphatic imine (C=N–C) groups is 1. The van der Waals surface area contributed by atoms with E-state index in [1.165, 1.54) is 6.07 Å². The molecule has 174 valence electrons. The number of benzene rings is 3. The van der Waals surface area contributed by atoms with Crippen LogP contribution in [0.2, 0.25) is 0 Å². The molecular formula is C25H25N5O4. The average Bonchev–Trinajstić information content (AvgIpc) is 2.82. The van der Waals surface area contributed by atoms with Gasteiger partial charge in [0.1, 0.15) is 0 Å². The fraction of sp³-hybridized carbons (Fsp3) is 0.120. The first kappa shape index (κ1) is 24.0. The van der Waals surface area contributed by atoms with Crippen LogP contribution in [0.4, 0.5) is 11.4 Å². The molecule has 0 radical (unpaired) electrons. The predicted octanol–water partition coefficient (Wildman–Crippen LogP) is 2.64. The highest BCUT2D eigenvalue weighted by Crippen LogP contribution is 2.32. The van der Waals surface area contributed by atoms with E-state index in [0.29, 0.717) is 22.5 Å². The molecule has 0 bridgehead atoms. The Hall–Kier alpha value is -4.66. The zero-order valence-corrected chi connectivity index (χ0v) is 18.3. The van der Waals surface area contributed by atoms with Gasteiger partial charge in [0.05, 0.1) is 17.9 Å². The third-order valence-corrected chi connectivity index (χ3v) is 4.88. The minimum Gasteiger partial charge on any atom is -0.481 e. The number of carbonyl (C=O) groups excluding carboxylic acids is 2. The Morgan fingerprint density at radius 2 is 1.65 bits per heavy atom. The van der Waals surface area contributed by atoms with Crippen LogP contribution >= 0.6 is 0 Å². The van der Waals surface area contributed by atoms with Gasteiger partial charge in [0.2, 0.25) is 5.91 Å². The fourth-order valence-electron chi connectivity index (χ4n) is 3.37. The lowest BCUT2D eigenvalue weighted by Gasteiger charge is -2.16. The molecule has 34 heavy (non-hydrogen) atoms. The van der Waals surface area contributed by atoms with Crippen LogP contribution in [-0.2, 0) is 16.0 Å². The molecule has 0 aliphatic carbocycles. The number of nitrogens with two attached hydrogens (primary N) is 2. The first-order valence-electron chi connectivity index (χ1n) is 10.5. The molecule has 0 saturated heterocycles. The number of rotatable bonds is 9. The van der Waals surface area contributed by atoms with E-state index in [0.717, 1.165) is 11.1 Å². The number of para-hydroxylation sites is 1. The lowest BCUT2D eigenvalue weighted by Crippen LogP contribution is -2.33. The maximum Gasteiger partial charge on any atom is 0.303 e. The zero-order valence-electron chi connectivity index (χ0n) is 18.3. The second-order valence-corrected chi connectivity index (χ2v) is 7.42. The number of nitrogens with one attached hydrogen (secondary N) is 2. The molecule has 3 aromatic rings. The number of guanidine groups is 1. The molecule has 0 fully saturated rings. The Kier molecular flexibility index (Phi) is 7.96. The van der Waals surface area contributed by atoms with Crippen molar-refractivity contribution in [1.29, 1.82) is 0 Å². The van der Waals surface area contributed by atoms with E-state index in [9.17, 15) is 14.4 Å². The van der Waals surface area contributed by atoms with Crippen molar-refractivity contribution in [2.24, 2.45) is 16.5 Å². The van der Waals surface area contributed by atoms with E-state index in [1.54, 1.807) is 24.3 Å². The van der Waals surface area contributed by atoms with Crippen LogP contribution in [0.3, 0.4) is 0 Å². The normalized spacial score (nSPS) is 10.2. The Morgan fingerprint density at radius 3 is 2.35 bits per heavy atom. The largest absolute Gasteiger partial charge is 0.481 e. The summed E-state index contributed by atoms with van der Waals surface area (Å²) in [6.07, 6.45) is 0.166. The molecule has 9 heteroatoms. The zero-order chi connectivity index (χ0) is 24.5. The molecule has 0 atom stereocenters. The van der Waals surface area contributed by atoms with Gasteiger partial charge in [-0.15, -0.1) is 0 Å². The smallest absolute Gasteiger partial charge is 0.303 e. The molecule has 0 aliphatic heterocycles. The Morgan fingerprint density at radius 1 is 0.912 bits per heavy atom. The summed E-state index contributed by atoms with van der Waals surface area (Å²) in [7, 11) is 0. The molecule has 0 aliphatic rings. The number of aryl methyl sites for hydroxylation is 1. The molecule has 0 saturated carbocycles. The molecule has 2 amide bonds. The molecule has 7 N–H and O–H groups in total. The second-order valence-electron chi connectivity index (χ2n) is 7.42. The van der Waals surface area contributed by atoms with Crippen LogP contribution in [0.15, 0.2) is 77.8 Å². The van der Waals surface area contributed by atoms with E-state index >= 15 is 0 Å². The summed E-state index contributed by atoms with van der Waals surface area (Å²) in [5.74, 6) is -1.98. The van der Waals surface area contributed by atoms with Gasteiger partial charge in [-0.2, -0.15) is 0 Å². The summed E-state index contributed by atoms with van der Waals surface area (Å²) < 4.78 is 0. The highest BCUT2D eigenvalue weighted by molar-refractivity contribution is 6.02. The van der Waals surface area contributed by atoms with Crippen molar-refractivity contribution < 1.29 is 19.5 Å². The van der Waals surface area contributed by atoms with E-state index in [1.807, 2.05) is 42.5 Å². The number of carbonyl (C=O) groups is 3. The van der Waals surface area contributed by atoms with Gasteiger partial charge in [-0.25, -0.2) is 4.99 Å². The van der Waals surface area contributed by atoms with Crippen molar-refractivity contribution in [1.82, 2.24) is 5.32 Å². The predicted molar refractivity (Wildman–Crippen MR) is 131 cm³/mol. The van der Waals surface area contributed by atoms with Crippen LogP contribution < -0.4 is 22.1 Å². The number of carboxylic acid groups (broad SMARTS) is 1. The van der Waals surface area contributed by atoms with Crippen molar-refractivity contribution >= 4 is 35.1 Å². The Balaban J connectivity index is 1.76. The van der Waals surface area contributed by atoms with Crippen LogP contribution in [0.5, 0.6) is 0 Å². The van der Waals surface area contributed by atoms with Crippen molar-refractivity contribution in [2.45, 2.75) is 12.8 Å². The molecule has 0 heterocycles. The Bertz CT molecular complexity index is 1220. The van der Waals surface area contributed by atoms with Crippen molar-refractivity contribution in [3.63, 3.8) is 0 Å². The SMILES string of the molecule is NC(N)=Nc1cccc(C(=O)NCC(=O)Nc2c(CCC(=O)O)cccc2-c2ccccc2)c1. The number of hydrogen-bond acceptors (Lipinski definition) is 4. The number of hydrogen-bond donors (Lipinski definition) is 5. The van der Waals surface area contributed by atoms with Gasteiger partial charge in [-0.05, 0) is 35.7 Å². The lowest BCUT2D eigenvalue weighted by molar-refractivity contribution is -0.137. The molecular weight excluding hydrogens is 434 g/mol. The van der Waals surface area contributed by atoms with E-state index in [-0.39, 0.29) is 25.3 Å².